The summed E-state index contributed by atoms with van der Waals surface area (Å²) >= 11 is 0. The molecule has 7 heteroatoms. The van der Waals surface area contributed by atoms with Gasteiger partial charge in [-0.25, -0.2) is 14.8 Å². The Bertz CT molecular complexity index is 1100. The first-order chi connectivity index (χ1) is 16.3. The summed E-state index contributed by atoms with van der Waals surface area (Å²) in [6, 6.07) is 12.2. The Labute approximate surface area is 201 Å². The molecule has 0 spiro atoms. The molecule has 0 bridgehead atoms. The maximum absolute atomic E-state index is 12.6. The molecule has 1 aliphatic heterocycles. The van der Waals surface area contributed by atoms with E-state index in [0.717, 1.165) is 53.9 Å². The summed E-state index contributed by atoms with van der Waals surface area (Å²) in [5, 5.41) is 0. The summed E-state index contributed by atoms with van der Waals surface area (Å²) in [7, 11) is 0. The van der Waals surface area contributed by atoms with Crippen LogP contribution in [-0.4, -0.2) is 44.7 Å². The van der Waals surface area contributed by atoms with E-state index in [0.29, 0.717) is 19.0 Å². The van der Waals surface area contributed by atoms with Crippen LogP contribution in [0.5, 0.6) is 5.88 Å². The average Bonchev–Trinajstić information content (AvgIpc) is 3.48. The number of likely N-dealkylation sites (tertiary alicyclic amines) is 1. The molecule has 1 N–H and O–H groups in total. The third kappa shape index (κ3) is 5.76. The molecule has 0 radical (unpaired) electrons. The van der Waals surface area contributed by atoms with Crippen LogP contribution < -0.4 is 4.74 Å². The highest BCUT2D eigenvalue weighted by molar-refractivity contribution is 5.70. The van der Waals surface area contributed by atoms with Gasteiger partial charge in [0.1, 0.15) is 11.4 Å². The van der Waals surface area contributed by atoms with Gasteiger partial charge in [0.2, 0.25) is 5.88 Å². The van der Waals surface area contributed by atoms with Crippen LogP contribution in [-0.2, 0) is 4.74 Å². The van der Waals surface area contributed by atoms with Gasteiger partial charge in [-0.1, -0.05) is 37.6 Å². The summed E-state index contributed by atoms with van der Waals surface area (Å²) in [5.74, 6) is 1.45. The van der Waals surface area contributed by atoms with Crippen LogP contribution in [0.3, 0.4) is 0 Å². The number of aromatic nitrogens is 3. The number of nitrogens with one attached hydrogen (secondary N) is 1. The summed E-state index contributed by atoms with van der Waals surface area (Å²) in [5.41, 5.74) is 3.61. The molecule has 1 fully saturated rings. The van der Waals surface area contributed by atoms with Gasteiger partial charge < -0.3 is 14.5 Å². The van der Waals surface area contributed by atoms with Gasteiger partial charge in [-0.3, -0.25) is 4.90 Å². The predicted molar refractivity (Wildman–Crippen MR) is 133 cm³/mol. The Balaban J connectivity index is 1.46. The Hall–Kier alpha value is -3.35. The molecular formula is C27H34N4O3. The molecule has 2 aromatic heterocycles. The second-order valence-corrected chi connectivity index (χ2v) is 9.68. The number of hydrogen-bond donors (Lipinski definition) is 1. The number of unbranched alkanes of at least 4 members (excludes halogenated alkanes) is 1. The van der Waals surface area contributed by atoms with Gasteiger partial charge in [0.15, 0.2) is 0 Å². The van der Waals surface area contributed by atoms with E-state index in [1.807, 2.05) is 39.1 Å². The Morgan fingerprint density at radius 1 is 1.12 bits per heavy atom. The molecular weight excluding hydrogens is 428 g/mol. The average molecular weight is 463 g/mol. The number of hydrogen-bond acceptors (Lipinski definition) is 5. The summed E-state index contributed by atoms with van der Waals surface area (Å²) in [6.07, 6.45) is 7.25. The lowest BCUT2D eigenvalue weighted by molar-refractivity contribution is 0.0218. The number of carbonyl (C=O) groups is 1. The fourth-order valence-corrected chi connectivity index (χ4v) is 4.07. The first-order valence-electron chi connectivity index (χ1n) is 12.1. The largest absolute Gasteiger partial charge is 0.478 e. The number of ether oxygens (including phenoxy) is 2. The number of benzene rings is 1. The van der Waals surface area contributed by atoms with Crippen LogP contribution in [0.2, 0.25) is 0 Å². The second-order valence-electron chi connectivity index (χ2n) is 9.68. The number of carbonyl (C=O) groups excluding carboxylic acids is 1. The molecule has 1 aromatic carbocycles. The van der Waals surface area contributed by atoms with Crippen molar-refractivity contribution in [3.8, 4) is 28.3 Å². The number of rotatable bonds is 7. The van der Waals surface area contributed by atoms with E-state index in [4.69, 9.17) is 9.47 Å². The SMILES string of the molecule is CCCCOc1cc(-c2ccc(-c3cnc([C@@H]4CCCN4C(=O)OC(C)(C)C)[nH]3)cc2)ccn1. The van der Waals surface area contributed by atoms with Crippen molar-refractivity contribution in [1.29, 1.82) is 0 Å². The van der Waals surface area contributed by atoms with Crippen LogP contribution in [0.1, 0.15) is 65.2 Å². The van der Waals surface area contributed by atoms with Crippen molar-refractivity contribution < 1.29 is 14.3 Å². The molecule has 34 heavy (non-hydrogen) atoms. The number of amides is 1. The van der Waals surface area contributed by atoms with E-state index in [1.165, 1.54) is 0 Å². The summed E-state index contributed by atoms with van der Waals surface area (Å²) in [6.45, 7) is 9.16. The van der Waals surface area contributed by atoms with Gasteiger partial charge in [-0.15, -0.1) is 0 Å². The van der Waals surface area contributed by atoms with E-state index in [1.54, 1.807) is 11.1 Å². The number of imidazole rings is 1. The van der Waals surface area contributed by atoms with Gasteiger partial charge in [0, 0.05) is 18.8 Å². The standard InChI is InChI=1S/C27H34N4O3/c1-5-6-16-33-24-17-21(13-14-28-24)19-9-11-20(12-10-19)22-18-29-25(30-22)23-8-7-15-31(23)26(32)34-27(2,3)4/h9-14,17-18,23H,5-8,15-16H2,1-4H3,(H,29,30)/t23-/m0/s1. The molecule has 1 aliphatic rings. The lowest BCUT2D eigenvalue weighted by atomic mass is 10.0. The third-order valence-electron chi connectivity index (χ3n) is 5.80. The monoisotopic (exact) mass is 462 g/mol. The highest BCUT2D eigenvalue weighted by atomic mass is 16.6. The number of aromatic amines is 1. The smallest absolute Gasteiger partial charge is 0.410 e. The quantitative estimate of drug-likeness (QED) is 0.412. The number of nitrogens with zero attached hydrogens (tertiary/aromatic N) is 3. The van der Waals surface area contributed by atoms with Gasteiger partial charge >= 0.3 is 6.09 Å². The number of pyridine rings is 1. The van der Waals surface area contributed by atoms with Crippen LogP contribution in [0.25, 0.3) is 22.4 Å². The molecule has 180 valence electrons. The maximum Gasteiger partial charge on any atom is 0.410 e. The normalized spacial score (nSPS) is 16.0. The van der Waals surface area contributed by atoms with E-state index in [2.05, 4.69) is 46.1 Å². The predicted octanol–water partition coefficient (Wildman–Crippen LogP) is 6.39. The van der Waals surface area contributed by atoms with Crippen LogP contribution >= 0.6 is 0 Å². The molecule has 1 amide bonds. The molecule has 3 aromatic rings. The zero-order valence-corrected chi connectivity index (χ0v) is 20.5. The van der Waals surface area contributed by atoms with Crippen molar-refractivity contribution in [3.05, 3.63) is 54.6 Å². The zero-order valence-electron chi connectivity index (χ0n) is 20.5. The molecule has 0 saturated carbocycles. The Morgan fingerprint density at radius 2 is 1.88 bits per heavy atom. The molecule has 1 atom stereocenters. The van der Waals surface area contributed by atoms with Crippen molar-refractivity contribution in [2.75, 3.05) is 13.2 Å². The van der Waals surface area contributed by atoms with Gasteiger partial charge in [-0.2, -0.15) is 0 Å². The summed E-state index contributed by atoms with van der Waals surface area (Å²) < 4.78 is 11.3. The van der Waals surface area contributed by atoms with Crippen molar-refractivity contribution in [2.24, 2.45) is 0 Å². The van der Waals surface area contributed by atoms with E-state index >= 15 is 0 Å². The highest BCUT2D eigenvalue weighted by Crippen LogP contribution is 2.33. The van der Waals surface area contributed by atoms with Crippen molar-refractivity contribution in [3.63, 3.8) is 0 Å². The zero-order chi connectivity index (χ0) is 24.1. The fourth-order valence-electron chi connectivity index (χ4n) is 4.07. The van der Waals surface area contributed by atoms with Crippen LogP contribution in [0.15, 0.2) is 48.8 Å². The first kappa shape index (κ1) is 23.8. The lowest BCUT2D eigenvalue weighted by Gasteiger charge is -2.27. The lowest BCUT2D eigenvalue weighted by Crippen LogP contribution is -2.36. The molecule has 4 rings (SSSR count). The molecule has 1 saturated heterocycles. The molecule has 0 unspecified atom stereocenters. The van der Waals surface area contributed by atoms with Crippen LogP contribution in [0, 0.1) is 0 Å². The Kier molecular flexibility index (Phi) is 7.20. The number of H-pyrrole nitrogens is 1. The minimum absolute atomic E-state index is 0.0918. The molecule has 7 nitrogen and oxygen atoms in total. The van der Waals surface area contributed by atoms with E-state index < -0.39 is 5.60 Å². The molecule has 0 aliphatic carbocycles. The first-order valence-corrected chi connectivity index (χ1v) is 12.1. The van der Waals surface area contributed by atoms with E-state index in [-0.39, 0.29) is 12.1 Å². The topological polar surface area (TPSA) is 80.3 Å². The van der Waals surface area contributed by atoms with Crippen molar-refractivity contribution >= 4 is 6.09 Å². The second kappa shape index (κ2) is 10.3. The van der Waals surface area contributed by atoms with Gasteiger partial charge in [0.25, 0.3) is 0 Å². The van der Waals surface area contributed by atoms with Crippen molar-refractivity contribution in [1.82, 2.24) is 19.9 Å². The van der Waals surface area contributed by atoms with Crippen molar-refractivity contribution in [2.45, 2.75) is 65.0 Å². The highest BCUT2D eigenvalue weighted by Gasteiger charge is 2.34. The third-order valence-corrected chi connectivity index (χ3v) is 5.80. The van der Waals surface area contributed by atoms with Crippen LogP contribution in [0.4, 0.5) is 4.79 Å². The maximum atomic E-state index is 12.6. The van der Waals surface area contributed by atoms with Gasteiger partial charge in [-0.05, 0) is 62.8 Å². The van der Waals surface area contributed by atoms with E-state index in [9.17, 15) is 4.79 Å². The summed E-state index contributed by atoms with van der Waals surface area (Å²) in [4.78, 5) is 26.8. The Morgan fingerprint density at radius 3 is 2.62 bits per heavy atom. The van der Waals surface area contributed by atoms with Gasteiger partial charge in [0.05, 0.1) is 24.5 Å². The minimum Gasteiger partial charge on any atom is -0.478 e. The molecule has 3 heterocycles. The fraction of sp³-hybridized carbons (Fsp3) is 0.444. The minimum atomic E-state index is -0.516.